The SMILES string of the molecule is CC1CCCN1CCCOc1ccc(-c2nc3c(s2)C(=O)NCC(C)(C)C3)cc1. The number of nitrogens with zero attached hydrogens (tertiary/aromatic N) is 2. The van der Waals surface area contributed by atoms with Gasteiger partial charge >= 0.3 is 0 Å². The summed E-state index contributed by atoms with van der Waals surface area (Å²) in [5, 5.41) is 3.92. The van der Waals surface area contributed by atoms with Gasteiger partial charge in [0.05, 0.1) is 12.3 Å². The van der Waals surface area contributed by atoms with Crippen LogP contribution in [0.2, 0.25) is 0 Å². The third-order valence-electron chi connectivity index (χ3n) is 5.93. The zero-order chi connectivity index (χ0) is 20.4. The van der Waals surface area contributed by atoms with E-state index >= 15 is 0 Å². The first-order valence-corrected chi connectivity index (χ1v) is 11.5. The van der Waals surface area contributed by atoms with E-state index in [1.165, 1.54) is 30.7 Å². The van der Waals surface area contributed by atoms with Gasteiger partial charge in [-0.05, 0) is 68.8 Å². The fourth-order valence-electron chi connectivity index (χ4n) is 4.16. The molecule has 1 unspecified atom stereocenters. The van der Waals surface area contributed by atoms with E-state index in [1.54, 1.807) is 0 Å². The Morgan fingerprint density at radius 2 is 2.10 bits per heavy atom. The number of rotatable bonds is 6. The van der Waals surface area contributed by atoms with Gasteiger partial charge in [-0.25, -0.2) is 4.98 Å². The maximum atomic E-state index is 12.4. The smallest absolute Gasteiger partial charge is 0.263 e. The molecule has 2 aliphatic heterocycles. The number of ether oxygens (including phenoxy) is 1. The first-order valence-electron chi connectivity index (χ1n) is 10.7. The molecule has 1 amide bonds. The molecule has 0 aliphatic carbocycles. The molecule has 29 heavy (non-hydrogen) atoms. The maximum absolute atomic E-state index is 12.4. The van der Waals surface area contributed by atoms with Gasteiger partial charge in [0.2, 0.25) is 0 Å². The largest absolute Gasteiger partial charge is 0.494 e. The lowest BCUT2D eigenvalue weighted by atomic mass is 9.88. The summed E-state index contributed by atoms with van der Waals surface area (Å²) in [5.41, 5.74) is 1.98. The fourth-order valence-corrected chi connectivity index (χ4v) is 5.17. The summed E-state index contributed by atoms with van der Waals surface area (Å²) in [4.78, 5) is 20.5. The normalized spacial score (nSPS) is 21.5. The van der Waals surface area contributed by atoms with Gasteiger partial charge in [-0.15, -0.1) is 11.3 Å². The molecule has 4 rings (SSSR count). The van der Waals surface area contributed by atoms with E-state index in [0.717, 1.165) is 58.9 Å². The summed E-state index contributed by atoms with van der Waals surface area (Å²) in [7, 11) is 0. The standard InChI is InChI=1S/C23H31N3O2S/c1-16-6-4-11-26(16)12-5-13-28-18-9-7-17(8-10-18)22-25-19-14-23(2,3)15-24-21(27)20(19)29-22/h7-10,16H,4-6,11-15H2,1-3H3,(H,24,27). The van der Waals surface area contributed by atoms with Crippen molar-refractivity contribution >= 4 is 17.2 Å². The van der Waals surface area contributed by atoms with Crippen LogP contribution in [0.5, 0.6) is 5.75 Å². The first-order chi connectivity index (χ1) is 13.9. The van der Waals surface area contributed by atoms with Crippen LogP contribution >= 0.6 is 11.3 Å². The first kappa shape index (κ1) is 20.4. The number of hydrogen-bond acceptors (Lipinski definition) is 5. The quantitative estimate of drug-likeness (QED) is 0.714. The van der Waals surface area contributed by atoms with Crippen LogP contribution in [0, 0.1) is 5.41 Å². The van der Waals surface area contributed by atoms with E-state index in [1.807, 2.05) is 24.3 Å². The number of amides is 1. The molecule has 6 heteroatoms. The van der Waals surface area contributed by atoms with Gasteiger partial charge in [-0.1, -0.05) is 13.8 Å². The highest BCUT2D eigenvalue weighted by Gasteiger charge is 2.30. The Kier molecular flexibility index (Phi) is 5.93. The number of carbonyl (C=O) groups excluding carboxylic acids is 1. The summed E-state index contributed by atoms with van der Waals surface area (Å²) in [6.45, 7) is 10.4. The Bertz CT molecular complexity index is 860. The van der Waals surface area contributed by atoms with Gasteiger partial charge in [0.1, 0.15) is 15.6 Å². The maximum Gasteiger partial charge on any atom is 0.263 e. The van der Waals surface area contributed by atoms with Crippen LogP contribution in [0.4, 0.5) is 0 Å². The molecule has 0 bridgehead atoms. The minimum absolute atomic E-state index is 0.00148. The molecular formula is C23H31N3O2S. The second-order valence-electron chi connectivity index (χ2n) is 9.07. The Hall–Kier alpha value is -1.92. The average Bonchev–Trinajstić information content (AvgIpc) is 3.27. The molecule has 3 heterocycles. The second kappa shape index (κ2) is 8.44. The zero-order valence-electron chi connectivity index (χ0n) is 17.7. The molecule has 2 aliphatic rings. The minimum atomic E-state index is 0.00148. The summed E-state index contributed by atoms with van der Waals surface area (Å²) >= 11 is 1.48. The van der Waals surface area contributed by atoms with E-state index < -0.39 is 0 Å². The third-order valence-corrected chi connectivity index (χ3v) is 7.07. The third kappa shape index (κ3) is 4.81. The van der Waals surface area contributed by atoms with E-state index in [0.29, 0.717) is 6.54 Å². The number of carbonyl (C=O) groups is 1. The molecular weight excluding hydrogens is 382 g/mol. The highest BCUT2D eigenvalue weighted by Crippen LogP contribution is 2.34. The van der Waals surface area contributed by atoms with E-state index in [4.69, 9.17) is 9.72 Å². The van der Waals surface area contributed by atoms with E-state index in [9.17, 15) is 4.79 Å². The van der Waals surface area contributed by atoms with E-state index in [-0.39, 0.29) is 11.3 Å². The minimum Gasteiger partial charge on any atom is -0.494 e. The number of aromatic nitrogens is 1. The number of fused-ring (bicyclic) bond motifs is 1. The second-order valence-corrected chi connectivity index (χ2v) is 10.1. The number of thiazole rings is 1. The average molecular weight is 414 g/mol. The Balaban J connectivity index is 1.36. The van der Waals surface area contributed by atoms with Crippen LogP contribution in [0.3, 0.4) is 0 Å². The van der Waals surface area contributed by atoms with Crippen LogP contribution in [0.1, 0.15) is 55.4 Å². The molecule has 0 radical (unpaired) electrons. The molecule has 2 aromatic rings. The lowest BCUT2D eigenvalue weighted by Gasteiger charge is -2.21. The molecule has 1 saturated heterocycles. The van der Waals surface area contributed by atoms with Crippen molar-refractivity contribution in [1.29, 1.82) is 0 Å². The van der Waals surface area contributed by atoms with Crippen molar-refractivity contribution in [2.75, 3.05) is 26.2 Å². The predicted molar refractivity (Wildman–Crippen MR) is 118 cm³/mol. The molecule has 1 aromatic carbocycles. The Labute approximate surface area is 177 Å². The number of nitrogens with one attached hydrogen (secondary N) is 1. The van der Waals surface area contributed by atoms with Gasteiger partial charge in [0, 0.05) is 24.7 Å². The molecule has 5 nitrogen and oxygen atoms in total. The predicted octanol–water partition coefficient (Wildman–Crippen LogP) is 4.38. The van der Waals surface area contributed by atoms with Crippen LogP contribution in [0.25, 0.3) is 10.6 Å². The highest BCUT2D eigenvalue weighted by molar-refractivity contribution is 7.17. The topological polar surface area (TPSA) is 54.5 Å². The summed E-state index contributed by atoms with van der Waals surface area (Å²) in [5.74, 6) is 0.891. The lowest BCUT2D eigenvalue weighted by Crippen LogP contribution is -2.31. The molecule has 1 aromatic heterocycles. The number of benzene rings is 1. The van der Waals surface area contributed by atoms with Crippen LogP contribution in [0.15, 0.2) is 24.3 Å². The molecule has 0 saturated carbocycles. The molecule has 1 atom stereocenters. The van der Waals surface area contributed by atoms with Crippen molar-refractivity contribution < 1.29 is 9.53 Å². The van der Waals surface area contributed by atoms with Gasteiger partial charge in [-0.2, -0.15) is 0 Å². The zero-order valence-corrected chi connectivity index (χ0v) is 18.5. The van der Waals surface area contributed by atoms with Crippen LogP contribution < -0.4 is 10.1 Å². The van der Waals surface area contributed by atoms with Crippen molar-refractivity contribution in [3.05, 3.63) is 34.8 Å². The molecule has 0 spiro atoms. The monoisotopic (exact) mass is 413 g/mol. The van der Waals surface area contributed by atoms with Crippen molar-refractivity contribution in [3.63, 3.8) is 0 Å². The summed E-state index contributed by atoms with van der Waals surface area (Å²) < 4.78 is 5.93. The van der Waals surface area contributed by atoms with Gasteiger partial charge in [-0.3, -0.25) is 4.79 Å². The Morgan fingerprint density at radius 1 is 1.31 bits per heavy atom. The van der Waals surface area contributed by atoms with Gasteiger partial charge < -0.3 is 15.0 Å². The molecule has 156 valence electrons. The number of hydrogen-bond donors (Lipinski definition) is 1. The van der Waals surface area contributed by atoms with E-state index in [2.05, 4.69) is 31.0 Å². The fraction of sp³-hybridized carbons (Fsp3) is 0.565. The Morgan fingerprint density at radius 3 is 2.83 bits per heavy atom. The highest BCUT2D eigenvalue weighted by atomic mass is 32.1. The summed E-state index contributed by atoms with van der Waals surface area (Å²) in [6, 6.07) is 8.81. The lowest BCUT2D eigenvalue weighted by molar-refractivity contribution is 0.0948. The van der Waals surface area contributed by atoms with Crippen LogP contribution in [-0.4, -0.2) is 48.1 Å². The van der Waals surface area contributed by atoms with Crippen LogP contribution in [-0.2, 0) is 6.42 Å². The van der Waals surface area contributed by atoms with Crippen molar-refractivity contribution in [2.24, 2.45) is 5.41 Å². The molecule has 1 N–H and O–H groups in total. The number of likely N-dealkylation sites (tertiary alicyclic amines) is 1. The molecule has 1 fully saturated rings. The van der Waals surface area contributed by atoms with Crippen molar-refractivity contribution in [2.45, 2.75) is 52.5 Å². The van der Waals surface area contributed by atoms with Crippen molar-refractivity contribution in [3.8, 4) is 16.3 Å². The van der Waals surface area contributed by atoms with Gasteiger partial charge in [0.25, 0.3) is 5.91 Å². The van der Waals surface area contributed by atoms with Crippen molar-refractivity contribution in [1.82, 2.24) is 15.2 Å². The summed E-state index contributed by atoms with van der Waals surface area (Å²) in [6.07, 6.45) is 4.51. The van der Waals surface area contributed by atoms with Gasteiger partial charge in [0.15, 0.2) is 0 Å².